The van der Waals surface area contributed by atoms with E-state index in [1.54, 1.807) is 0 Å². The highest BCUT2D eigenvalue weighted by atomic mass is 127. The van der Waals surface area contributed by atoms with Crippen molar-refractivity contribution < 1.29 is 9.47 Å². The quantitative estimate of drug-likeness (QED) is 0.305. The molecule has 0 aliphatic carbocycles. The van der Waals surface area contributed by atoms with Crippen LogP contribution in [0, 0.1) is 0 Å². The van der Waals surface area contributed by atoms with Crippen LogP contribution in [0.2, 0.25) is 0 Å². The predicted molar refractivity (Wildman–Crippen MR) is 145 cm³/mol. The Bertz CT molecular complexity index is 909. The largest absolute Gasteiger partial charge is 0.493 e. The maximum Gasteiger partial charge on any atom is 0.191 e. The van der Waals surface area contributed by atoms with E-state index in [2.05, 4.69) is 76.8 Å². The van der Waals surface area contributed by atoms with Crippen LogP contribution in [0.5, 0.6) is 5.75 Å². The number of hydrogen-bond donors (Lipinski definition) is 2. The van der Waals surface area contributed by atoms with E-state index in [0.29, 0.717) is 12.2 Å². The lowest BCUT2D eigenvalue weighted by atomic mass is 10.1. The highest BCUT2D eigenvalue weighted by molar-refractivity contribution is 14.0. The number of fused-ring (bicyclic) bond motifs is 1. The lowest BCUT2D eigenvalue weighted by Crippen LogP contribution is -2.44. The van der Waals surface area contributed by atoms with Crippen molar-refractivity contribution in [1.82, 2.24) is 15.5 Å². The van der Waals surface area contributed by atoms with Crippen molar-refractivity contribution in [3.63, 3.8) is 0 Å². The van der Waals surface area contributed by atoms with Crippen molar-refractivity contribution in [3.8, 4) is 5.75 Å². The van der Waals surface area contributed by atoms with Gasteiger partial charge >= 0.3 is 0 Å². The number of rotatable bonds is 7. The molecule has 2 aliphatic heterocycles. The first kappa shape index (κ1) is 25.8. The van der Waals surface area contributed by atoms with Crippen LogP contribution < -0.4 is 15.4 Å². The summed E-state index contributed by atoms with van der Waals surface area (Å²) in [4.78, 5) is 6.84. The van der Waals surface area contributed by atoms with Gasteiger partial charge in [0.2, 0.25) is 0 Å². The topological polar surface area (TPSA) is 58.1 Å². The Morgan fingerprint density at radius 2 is 1.70 bits per heavy atom. The summed E-state index contributed by atoms with van der Waals surface area (Å²) in [5.41, 5.74) is 5.25. The molecule has 6 nitrogen and oxygen atoms in total. The average Bonchev–Trinajstić information content (AvgIpc) is 3.24. The van der Waals surface area contributed by atoms with Gasteiger partial charge in [0.05, 0.1) is 18.8 Å². The van der Waals surface area contributed by atoms with Gasteiger partial charge in [-0.3, -0.25) is 9.89 Å². The Morgan fingerprint density at radius 3 is 2.42 bits per heavy atom. The molecule has 4 rings (SSSR count). The SMILES string of the molecule is CN=C(NCCc1ccc2c(c1)CCO2)NCc1ccc(CN2CC(C)OC(C)C2)cc1.I. The second kappa shape index (κ2) is 12.6. The lowest BCUT2D eigenvalue weighted by molar-refractivity contribution is -0.0704. The molecule has 2 heterocycles. The molecular formula is C26H37IN4O2. The number of nitrogens with zero attached hydrogens (tertiary/aromatic N) is 2. The monoisotopic (exact) mass is 564 g/mol. The molecule has 2 unspecified atom stereocenters. The predicted octanol–water partition coefficient (Wildman–Crippen LogP) is 3.76. The molecule has 2 aromatic carbocycles. The smallest absolute Gasteiger partial charge is 0.191 e. The summed E-state index contributed by atoms with van der Waals surface area (Å²) in [5.74, 6) is 1.87. The van der Waals surface area contributed by atoms with Gasteiger partial charge in [0, 0.05) is 46.2 Å². The van der Waals surface area contributed by atoms with Crippen molar-refractivity contribution >= 4 is 29.9 Å². The molecule has 2 N–H and O–H groups in total. The first-order valence-electron chi connectivity index (χ1n) is 11.7. The van der Waals surface area contributed by atoms with Crippen LogP contribution in [-0.2, 0) is 30.7 Å². The molecule has 2 atom stereocenters. The van der Waals surface area contributed by atoms with E-state index >= 15 is 0 Å². The molecule has 2 aromatic rings. The van der Waals surface area contributed by atoms with Crippen molar-refractivity contribution in [2.75, 3.05) is 33.3 Å². The zero-order valence-electron chi connectivity index (χ0n) is 20.0. The standard InChI is InChI=1S/C26H36N4O2.HI/c1-19-16-30(17-20(2)32-19)18-23-6-4-22(5-7-23)15-29-26(27-3)28-12-10-21-8-9-25-24(14-21)11-13-31-25;/h4-9,14,19-20H,10-13,15-18H2,1-3H3,(H2,27,28,29);1H. The van der Waals surface area contributed by atoms with Crippen molar-refractivity contribution in [2.45, 2.75) is 52.0 Å². The Labute approximate surface area is 215 Å². The van der Waals surface area contributed by atoms with E-state index in [0.717, 1.165) is 63.9 Å². The van der Waals surface area contributed by atoms with Crippen LogP contribution in [-0.4, -0.2) is 56.4 Å². The van der Waals surface area contributed by atoms with Gasteiger partial charge in [0.25, 0.3) is 0 Å². The first-order valence-corrected chi connectivity index (χ1v) is 11.7. The third-order valence-corrected chi connectivity index (χ3v) is 6.07. The van der Waals surface area contributed by atoms with E-state index in [1.807, 2.05) is 7.05 Å². The second-order valence-electron chi connectivity index (χ2n) is 8.91. The third-order valence-electron chi connectivity index (χ3n) is 6.07. The molecule has 0 saturated carbocycles. The third kappa shape index (κ3) is 7.58. The fourth-order valence-corrected chi connectivity index (χ4v) is 4.56. The van der Waals surface area contributed by atoms with Crippen LogP contribution in [0.3, 0.4) is 0 Å². The highest BCUT2D eigenvalue weighted by Crippen LogP contribution is 2.25. The number of guanidine groups is 1. The molecule has 0 spiro atoms. The van der Waals surface area contributed by atoms with Gasteiger partial charge in [-0.05, 0) is 48.6 Å². The summed E-state index contributed by atoms with van der Waals surface area (Å²) >= 11 is 0. The number of ether oxygens (including phenoxy) is 2. The molecular weight excluding hydrogens is 527 g/mol. The second-order valence-corrected chi connectivity index (χ2v) is 8.91. The molecule has 0 radical (unpaired) electrons. The lowest BCUT2D eigenvalue weighted by Gasteiger charge is -2.35. The molecule has 0 amide bonds. The van der Waals surface area contributed by atoms with Crippen molar-refractivity contribution in [2.24, 2.45) is 4.99 Å². The zero-order chi connectivity index (χ0) is 22.3. The average molecular weight is 565 g/mol. The molecule has 1 fully saturated rings. The Balaban J connectivity index is 0.00000306. The summed E-state index contributed by atoms with van der Waals surface area (Å²) in [6.07, 6.45) is 2.58. The summed E-state index contributed by atoms with van der Waals surface area (Å²) < 4.78 is 11.4. The number of morpholine rings is 1. The number of hydrogen-bond acceptors (Lipinski definition) is 4. The minimum atomic E-state index is 0. The minimum Gasteiger partial charge on any atom is -0.493 e. The number of halogens is 1. The Hall–Kier alpha value is -1.84. The molecule has 0 aromatic heterocycles. The minimum absolute atomic E-state index is 0. The molecule has 180 valence electrons. The van der Waals surface area contributed by atoms with E-state index in [9.17, 15) is 0 Å². The van der Waals surface area contributed by atoms with Gasteiger partial charge in [0.15, 0.2) is 5.96 Å². The Morgan fingerprint density at radius 1 is 1.00 bits per heavy atom. The van der Waals surface area contributed by atoms with E-state index < -0.39 is 0 Å². The van der Waals surface area contributed by atoms with Gasteiger partial charge in [-0.2, -0.15) is 0 Å². The van der Waals surface area contributed by atoms with Gasteiger partial charge in [0.1, 0.15) is 5.75 Å². The maximum absolute atomic E-state index is 5.84. The van der Waals surface area contributed by atoms with E-state index in [-0.39, 0.29) is 24.0 Å². The van der Waals surface area contributed by atoms with Crippen molar-refractivity contribution in [3.05, 3.63) is 64.7 Å². The highest BCUT2D eigenvalue weighted by Gasteiger charge is 2.21. The zero-order valence-corrected chi connectivity index (χ0v) is 22.3. The van der Waals surface area contributed by atoms with Crippen LogP contribution in [0.1, 0.15) is 36.1 Å². The molecule has 33 heavy (non-hydrogen) atoms. The Kier molecular flexibility index (Phi) is 9.82. The van der Waals surface area contributed by atoms with E-state index in [1.165, 1.54) is 22.3 Å². The molecule has 0 bridgehead atoms. The van der Waals surface area contributed by atoms with Crippen LogP contribution in [0.15, 0.2) is 47.5 Å². The fraction of sp³-hybridized carbons (Fsp3) is 0.500. The normalized spacial score (nSPS) is 20.5. The first-order chi connectivity index (χ1) is 15.6. The number of aliphatic imine (C=N–C) groups is 1. The summed E-state index contributed by atoms with van der Waals surface area (Å²) in [6.45, 7) is 9.67. The van der Waals surface area contributed by atoms with Gasteiger partial charge < -0.3 is 20.1 Å². The summed E-state index contributed by atoms with van der Waals surface area (Å²) in [7, 11) is 1.81. The van der Waals surface area contributed by atoms with Gasteiger partial charge in [-0.25, -0.2) is 0 Å². The number of nitrogens with one attached hydrogen (secondary N) is 2. The maximum atomic E-state index is 5.84. The van der Waals surface area contributed by atoms with Crippen LogP contribution >= 0.6 is 24.0 Å². The van der Waals surface area contributed by atoms with Crippen LogP contribution in [0.4, 0.5) is 0 Å². The van der Waals surface area contributed by atoms with Gasteiger partial charge in [-0.15, -0.1) is 24.0 Å². The number of benzene rings is 2. The summed E-state index contributed by atoms with van der Waals surface area (Å²) in [5, 5.41) is 6.84. The molecule has 2 aliphatic rings. The fourth-order valence-electron chi connectivity index (χ4n) is 4.56. The molecule has 7 heteroatoms. The summed E-state index contributed by atoms with van der Waals surface area (Å²) in [6, 6.07) is 15.4. The van der Waals surface area contributed by atoms with Crippen LogP contribution in [0.25, 0.3) is 0 Å². The van der Waals surface area contributed by atoms with Crippen molar-refractivity contribution in [1.29, 1.82) is 0 Å². The molecule has 1 saturated heterocycles. The van der Waals surface area contributed by atoms with E-state index in [4.69, 9.17) is 9.47 Å². The van der Waals surface area contributed by atoms with Gasteiger partial charge in [-0.1, -0.05) is 36.4 Å².